The standard InChI is InChI=1S/C10H10N2O2S.BrH/c1-14-9(13)6-15-10-11-7-4-2-3-5-8(7)12-10;/h2-5H,6H2,1H3,(H,11,12);1H. The molecule has 86 valence electrons. The Bertz CT molecular complexity index is 453. The Morgan fingerprint density at radius 2 is 2.25 bits per heavy atom. The van der Waals surface area contributed by atoms with E-state index in [9.17, 15) is 4.79 Å². The molecule has 1 aromatic carbocycles. The molecule has 6 heteroatoms. The summed E-state index contributed by atoms with van der Waals surface area (Å²) in [6.45, 7) is 0. The molecule has 1 aromatic heterocycles. The second-order valence-electron chi connectivity index (χ2n) is 2.92. The van der Waals surface area contributed by atoms with Crippen LogP contribution in [0.3, 0.4) is 0 Å². The zero-order valence-electron chi connectivity index (χ0n) is 8.60. The van der Waals surface area contributed by atoms with Crippen molar-refractivity contribution in [3.63, 3.8) is 0 Å². The van der Waals surface area contributed by atoms with E-state index in [1.165, 1.54) is 18.9 Å². The van der Waals surface area contributed by atoms with Crippen LogP contribution in [0.1, 0.15) is 0 Å². The van der Waals surface area contributed by atoms with Gasteiger partial charge in [0.15, 0.2) is 5.16 Å². The minimum Gasteiger partial charge on any atom is -0.468 e. The second kappa shape index (κ2) is 5.91. The molecule has 0 amide bonds. The predicted octanol–water partition coefficient (Wildman–Crippen LogP) is 2.41. The largest absolute Gasteiger partial charge is 0.468 e. The van der Waals surface area contributed by atoms with Crippen molar-refractivity contribution in [2.45, 2.75) is 5.16 Å². The van der Waals surface area contributed by atoms with Gasteiger partial charge in [-0.2, -0.15) is 0 Å². The van der Waals surface area contributed by atoms with E-state index in [2.05, 4.69) is 14.7 Å². The van der Waals surface area contributed by atoms with Crippen molar-refractivity contribution < 1.29 is 9.53 Å². The number of hydrogen-bond donors (Lipinski definition) is 1. The highest BCUT2D eigenvalue weighted by Gasteiger charge is 2.05. The number of methoxy groups -OCH3 is 1. The maximum atomic E-state index is 10.9. The Kier molecular flexibility index (Phi) is 4.82. The molecule has 0 fully saturated rings. The topological polar surface area (TPSA) is 55.0 Å². The molecule has 0 spiro atoms. The average Bonchev–Trinajstić information content (AvgIpc) is 2.68. The number of rotatable bonds is 3. The number of aromatic nitrogens is 2. The normalized spacial score (nSPS) is 9.81. The van der Waals surface area contributed by atoms with E-state index in [4.69, 9.17) is 0 Å². The maximum absolute atomic E-state index is 10.9. The van der Waals surface area contributed by atoms with Gasteiger partial charge < -0.3 is 9.72 Å². The number of carbonyl (C=O) groups is 1. The number of nitrogens with zero attached hydrogens (tertiary/aromatic N) is 1. The summed E-state index contributed by atoms with van der Waals surface area (Å²) in [6, 6.07) is 7.74. The first-order valence-corrected chi connectivity index (χ1v) is 5.42. The van der Waals surface area contributed by atoms with Gasteiger partial charge >= 0.3 is 5.97 Å². The van der Waals surface area contributed by atoms with Gasteiger partial charge in [-0.1, -0.05) is 23.9 Å². The van der Waals surface area contributed by atoms with E-state index >= 15 is 0 Å². The molecule has 16 heavy (non-hydrogen) atoms. The van der Waals surface area contributed by atoms with E-state index < -0.39 is 0 Å². The minimum atomic E-state index is -0.250. The maximum Gasteiger partial charge on any atom is 0.316 e. The lowest BCUT2D eigenvalue weighted by molar-refractivity contribution is -0.137. The molecule has 0 aliphatic carbocycles. The Hall–Kier alpha value is -1.01. The van der Waals surface area contributed by atoms with Crippen LogP contribution in [-0.2, 0) is 9.53 Å². The van der Waals surface area contributed by atoms with Crippen LogP contribution in [0.4, 0.5) is 0 Å². The Balaban J connectivity index is 0.00000128. The molecule has 2 rings (SSSR count). The summed E-state index contributed by atoms with van der Waals surface area (Å²) < 4.78 is 4.54. The van der Waals surface area contributed by atoms with Gasteiger partial charge in [0.05, 0.1) is 23.9 Å². The first-order valence-electron chi connectivity index (χ1n) is 4.44. The minimum absolute atomic E-state index is 0. The number of nitrogens with one attached hydrogen (secondary N) is 1. The van der Waals surface area contributed by atoms with Crippen LogP contribution in [-0.4, -0.2) is 28.8 Å². The van der Waals surface area contributed by atoms with Crippen molar-refractivity contribution in [3.05, 3.63) is 24.3 Å². The van der Waals surface area contributed by atoms with Gasteiger partial charge in [0.25, 0.3) is 0 Å². The number of ether oxygens (including phenoxy) is 1. The lowest BCUT2D eigenvalue weighted by atomic mass is 10.3. The summed E-state index contributed by atoms with van der Waals surface area (Å²) >= 11 is 1.34. The van der Waals surface area contributed by atoms with Crippen molar-refractivity contribution in [3.8, 4) is 0 Å². The third-order valence-electron chi connectivity index (χ3n) is 1.92. The fourth-order valence-electron chi connectivity index (χ4n) is 1.18. The molecule has 1 N–H and O–H groups in total. The van der Waals surface area contributed by atoms with E-state index in [0.717, 1.165) is 16.2 Å². The van der Waals surface area contributed by atoms with Crippen LogP contribution in [0, 0.1) is 0 Å². The molecule has 2 aromatic rings. The van der Waals surface area contributed by atoms with E-state index in [0.29, 0.717) is 0 Å². The second-order valence-corrected chi connectivity index (χ2v) is 3.89. The van der Waals surface area contributed by atoms with Crippen LogP contribution in [0.2, 0.25) is 0 Å². The molecular weight excluding hydrogens is 292 g/mol. The summed E-state index contributed by atoms with van der Waals surface area (Å²) in [6.07, 6.45) is 0. The Labute approximate surface area is 108 Å². The Morgan fingerprint density at radius 1 is 1.50 bits per heavy atom. The summed E-state index contributed by atoms with van der Waals surface area (Å²) in [5, 5.41) is 0.738. The molecule has 0 unspecified atom stereocenters. The first-order chi connectivity index (χ1) is 7.29. The summed E-state index contributed by atoms with van der Waals surface area (Å²) in [5.74, 6) is 0.0246. The number of hydrogen-bond acceptors (Lipinski definition) is 4. The van der Waals surface area contributed by atoms with Crippen LogP contribution in [0.5, 0.6) is 0 Å². The number of halogens is 1. The zero-order chi connectivity index (χ0) is 10.7. The van der Waals surface area contributed by atoms with Crippen LogP contribution < -0.4 is 0 Å². The van der Waals surface area contributed by atoms with Crippen molar-refractivity contribution in [2.75, 3.05) is 12.9 Å². The first kappa shape index (κ1) is 13.1. The number of imidazole rings is 1. The summed E-state index contributed by atoms with van der Waals surface area (Å²) in [5.41, 5.74) is 1.88. The zero-order valence-corrected chi connectivity index (χ0v) is 11.1. The van der Waals surface area contributed by atoms with Crippen LogP contribution in [0.25, 0.3) is 11.0 Å². The van der Waals surface area contributed by atoms with Crippen LogP contribution >= 0.6 is 28.7 Å². The van der Waals surface area contributed by atoms with Crippen LogP contribution in [0.15, 0.2) is 29.4 Å². The lowest BCUT2D eigenvalue weighted by Crippen LogP contribution is -2.02. The van der Waals surface area contributed by atoms with Gasteiger partial charge in [0, 0.05) is 0 Å². The molecule has 0 saturated heterocycles. The number of aromatic amines is 1. The third-order valence-corrected chi connectivity index (χ3v) is 2.77. The molecule has 0 saturated carbocycles. The number of esters is 1. The van der Waals surface area contributed by atoms with Gasteiger partial charge in [0.1, 0.15) is 0 Å². The summed E-state index contributed by atoms with van der Waals surface area (Å²) in [4.78, 5) is 18.4. The summed E-state index contributed by atoms with van der Waals surface area (Å²) in [7, 11) is 1.38. The van der Waals surface area contributed by atoms with E-state index in [1.54, 1.807) is 0 Å². The molecule has 0 bridgehead atoms. The number of para-hydroxylation sites is 2. The monoisotopic (exact) mass is 302 g/mol. The molecule has 4 nitrogen and oxygen atoms in total. The SMILES string of the molecule is Br.COC(=O)CSc1nc2ccccc2[nH]1. The fourth-order valence-corrected chi connectivity index (χ4v) is 1.90. The molecule has 0 radical (unpaired) electrons. The molecule has 0 aliphatic heterocycles. The van der Waals surface area contributed by atoms with Gasteiger partial charge in [0.2, 0.25) is 0 Å². The smallest absolute Gasteiger partial charge is 0.316 e. The molecule has 0 atom stereocenters. The number of benzene rings is 1. The predicted molar refractivity (Wildman–Crippen MR) is 69.2 cm³/mol. The van der Waals surface area contributed by atoms with Gasteiger partial charge in [-0.3, -0.25) is 4.79 Å². The number of carbonyl (C=O) groups excluding carboxylic acids is 1. The van der Waals surface area contributed by atoms with Crippen molar-refractivity contribution in [2.24, 2.45) is 0 Å². The molecular formula is C10H11BrN2O2S. The van der Waals surface area contributed by atoms with E-state index in [1.807, 2.05) is 24.3 Å². The van der Waals surface area contributed by atoms with Gasteiger partial charge in [-0.15, -0.1) is 17.0 Å². The number of thioether (sulfide) groups is 1. The highest BCUT2D eigenvalue weighted by atomic mass is 79.9. The molecule has 1 heterocycles. The lowest BCUT2D eigenvalue weighted by Gasteiger charge is -1.95. The van der Waals surface area contributed by atoms with E-state index in [-0.39, 0.29) is 28.7 Å². The van der Waals surface area contributed by atoms with Crippen molar-refractivity contribution in [1.82, 2.24) is 9.97 Å². The third kappa shape index (κ3) is 2.99. The highest BCUT2D eigenvalue weighted by molar-refractivity contribution is 8.93. The molecule has 0 aliphatic rings. The van der Waals surface area contributed by atoms with Crippen molar-refractivity contribution in [1.29, 1.82) is 0 Å². The highest BCUT2D eigenvalue weighted by Crippen LogP contribution is 2.18. The van der Waals surface area contributed by atoms with Gasteiger partial charge in [-0.25, -0.2) is 4.98 Å². The average molecular weight is 303 g/mol. The van der Waals surface area contributed by atoms with Gasteiger partial charge in [-0.05, 0) is 12.1 Å². The fraction of sp³-hybridized carbons (Fsp3) is 0.200. The van der Waals surface area contributed by atoms with Crippen molar-refractivity contribution >= 4 is 45.7 Å². The Morgan fingerprint density at radius 3 is 2.94 bits per heavy atom. The number of fused-ring (bicyclic) bond motifs is 1. The number of H-pyrrole nitrogens is 1. The quantitative estimate of drug-likeness (QED) is 0.699.